The fraction of sp³-hybridized carbons (Fsp3) is 0.100. The van der Waals surface area contributed by atoms with Gasteiger partial charge in [0.05, 0.1) is 5.75 Å². The quantitative estimate of drug-likeness (QED) is 0.314. The Balaban J connectivity index is 1.50. The Labute approximate surface area is 170 Å². The van der Waals surface area contributed by atoms with E-state index < -0.39 is 0 Å². The molecule has 0 fully saturated rings. The van der Waals surface area contributed by atoms with Gasteiger partial charge in [0.1, 0.15) is 10.8 Å². The van der Waals surface area contributed by atoms with Crippen LogP contribution in [0.4, 0.5) is 4.39 Å². The first kappa shape index (κ1) is 18.6. The van der Waals surface area contributed by atoms with Crippen LogP contribution in [0.1, 0.15) is 11.6 Å². The van der Waals surface area contributed by atoms with Gasteiger partial charge in [-0.25, -0.2) is 14.4 Å². The number of aryl methyl sites for hydroxylation is 1. The number of hydrogen-bond donors (Lipinski definition) is 0. The Morgan fingerprint density at radius 1 is 0.964 bits per heavy atom. The normalized spacial score (nSPS) is 11.0. The maximum Gasteiger partial charge on any atom is 0.237 e. The van der Waals surface area contributed by atoms with E-state index >= 15 is 0 Å². The summed E-state index contributed by atoms with van der Waals surface area (Å²) in [6, 6.07) is 15.4. The highest BCUT2D eigenvalue weighted by Crippen LogP contribution is 2.26. The molecule has 0 spiro atoms. The van der Waals surface area contributed by atoms with E-state index in [1.54, 1.807) is 12.1 Å². The first-order valence-electron chi connectivity index (χ1n) is 8.40. The number of nitrogens with zero attached hydrogens (tertiary/aromatic N) is 4. The SMILES string of the molecule is Cc1cc(SCc2nc(-c3cccc(F)c3)no2)nc(-c2ccc(Cl)cc2)n1. The van der Waals surface area contributed by atoms with Crippen molar-refractivity contribution < 1.29 is 8.91 Å². The summed E-state index contributed by atoms with van der Waals surface area (Å²) in [7, 11) is 0. The number of rotatable bonds is 5. The lowest BCUT2D eigenvalue weighted by Gasteiger charge is -2.05. The average Bonchev–Trinajstić information content (AvgIpc) is 3.16. The van der Waals surface area contributed by atoms with Gasteiger partial charge in [-0.2, -0.15) is 4.98 Å². The summed E-state index contributed by atoms with van der Waals surface area (Å²) in [4.78, 5) is 13.4. The molecule has 4 rings (SSSR count). The molecule has 0 amide bonds. The Bertz CT molecular complexity index is 1120. The maximum absolute atomic E-state index is 13.4. The van der Waals surface area contributed by atoms with Gasteiger partial charge < -0.3 is 4.52 Å². The van der Waals surface area contributed by atoms with Crippen LogP contribution < -0.4 is 0 Å². The van der Waals surface area contributed by atoms with Gasteiger partial charge in [0.15, 0.2) is 5.82 Å². The number of benzene rings is 2. The van der Waals surface area contributed by atoms with Crippen LogP contribution in [0.3, 0.4) is 0 Å². The fourth-order valence-corrected chi connectivity index (χ4v) is 3.46. The zero-order valence-corrected chi connectivity index (χ0v) is 16.3. The molecular weight excluding hydrogens is 399 g/mol. The summed E-state index contributed by atoms with van der Waals surface area (Å²) in [5.41, 5.74) is 2.32. The van der Waals surface area contributed by atoms with E-state index in [0.29, 0.717) is 33.9 Å². The molecule has 2 heterocycles. The molecule has 0 unspecified atom stereocenters. The Hall–Kier alpha value is -2.77. The van der Waals surface area contributed by atoms with E-state index in [9.17, 15) is 4.39 Å². The topological polar surface area (TPSA) is 64.7 Å². The van der Waals surface area contributed by atoms with Crippen molar-refractivity contribution in [1.82, 2.24) is 20.1 Å². The minimum absolute atomic E-state index is 0.343. The summed E-state index contributed by atoms with van der Waals surface area (Å²) in [6.07, 6.45) is 0. The summed E-state index contributed by atoms with van der Waals surface area (Å²) < 4.78 is 18.6. The Morgan fingerprint density at radius 3 is 2.57 bits per heavy atom. The monoisotopic (exact) mass is 412 g/mol. The molecule has 5 nitrogen and oxygen atoms in total. The first-order chi connectivity index (χ1) is 13.6. The first-order valence-corrected chi connectivity index (χ1v) is 9.76. The van der Waals surface area contributed by atoms with Gasteiger partial charge in [0.25, 0.3) is 0 Å². The smallest absolute Gasteiger partial charge is 0.237 e. The molecule has 0 atom stereocenters. The van der Waals surface area contributed by atoms with E-state index in [1.807, 2.05) is 37.3 Å². The molecule has 4 aromatic rings. The fourth-order valence-electron chi connectivity index (χ4n) is 2.54. The van der Waals surface area contributed by atoms with E-state index in [2.05, 4.69) is 20.1 Å². The second-order valence-corrected chi connectivity index (χ2v) is 7.42. The van der Waals surface area contributed by atoms with Crippen LogP contribution in [0.15, 0.2) is 64.1 Å². The van der Waals surface area contributed by atoms with Gasteiger partial charge in [0, 0.05) is 21.8 Å². The molecule has 0 N–H and O–H groups in total. The van der Waals surface area contributed by atoms with Crippen LogP contribution in [0, 0.1) is 12.7 Å². The van der Waals surface area contributed by atoms with Crippen molar-refractivity contribution in [1.29, 1.82) is 0 Å². The zero-order chi connectivity index (χ0) is 19.5. The highest BCUT2D eigenvalue weighted by Gasteiger charge is 2.11. The van der Waals surface area contributed by atoms with Gasteiger partial charge in [-0.15, -0.1) is 0 Å². The third-order valence-corrected chi connectivity index (χ3v) is 4.98. The molecule has 2 aromatic heterocycles. The molecule has 0 radical (unpaired) electrons. The van der Waals surface area contributed by atoms with Crippen molar-refractivity contribution in [3.8, 4) is 22.8 Å². The maximum atomic E-state index is 13.4. The van der Waals surface area contributed by atoms with Gasteiger partial charge >= 0.3 is 0 Å². The van der Waals surface area contributed by atoms with E-state index in [4.69, 9.17) is 16.1 Å². The van der Waals surface area contributed by atoms with Crippen LogP contribution in [0.2, 0.25) is 5.02 Å². The van der Waals surface area contributed by atoms with Gasteiger partial charge in [0.2, 0.25) is 11.7 Å². The van der Waals surface area contributed by atoms with Crippen LogP contribution in [0.25, 0.3) is 22.8 Å². The standard InChI is InChI=1S/C20H14ClFN4OS/c1-12-9-18(25-19(23-12)13-5-7-15(21)8-6-13)28-11-17-24-20(26-27-17)14-3-2-4-16(22)10-14/h2-10H,11H2,1H3. The Morgan fingerprint density at radius 2 is 1.79 bits per heavy atom. The lowest BCUT2D eigenvalue weighted by molar-refractivity contribution is 0.391. The minimum Gasteiger partial charge on any atom is -0.338 e. The molecule has 0 saturated heterocycles. The molecule has 0 bridgehead atoms. The molecule has 0 aliphatic carbocycles. The number of aromatic nitrogens is 4. The second-order valence-electron chi connectivity index (χ2n) is 5.99. The largest absolute Gasteiger partial charge is 0.338 e. The van der Waals surface area contributed by atoms with E-state index in [-0.39, 0.29) is 5.82 Å². The molecular formula is C20H14ClFN4OS. The number of hydrogen-bond acceptors (Lipinski definition) is 6. The Kier molecular flexibility index (Phi) is 5.36. The van der Waals surface area contributed by atoms with Gasteiger partial charge in [-0.05, 0) is 49.4 Å². The zero-order valence-electron chi connectivity index (χ0n) is 14.8. The molecule has 8 heteroatoms. The third kappa shape index (κ3) is 4.37. The molecule has 2 aromatic carbocycles. The molecule has 28 heavy (non-hydrogen) atoms. The summed E-state index contributed by atoms with van der Waals surface area (Å²) in [5, 5.41) is 5.38. The molecule has 0 aliphatic rings. The van der Waals surface area contributed by atoms with E-state index in [1.165, 1.54) is 23.9 Å². The van der Waals surface area contributed by atoms with E-state index in [0.717, 1.165) is 16.3 Å². The van der Waals surface area contributed by atoms with Gasteiger partial charge in [-0.1, -0.05) is 40.7 Å². The van der Waals surface area contributed by atoms with Crippen LogP contribution in [-0.4, -0.2) is 20.1 Å². The number of thioether (sulfide) groups is 1. The van der Waals surface area contributed by atoms with Crippen molar-refractivity contribution in [3.63, 3.8) is 0 Å². The summed E-state index contributed by atoms with van der Waals surface area (Å²) >= 11 is 7.41. The van der Waals surface area contributed by atoms with Crippen molar-refractivity contribution in [2.45, 2.75) is 17.7 Å². The van der Waals surface area contributed by atoms with Crippen molar-refractivity contribution >= 4 is 23.4 Å². The minimum atomic E-state index is -0.343. The second kappa shape index (κ2) is 8.08. The number of halogens is 2. The molecule has 0 aliphatic heterocycles. The predicted octanol–water partition coefficient (Wildman–Crippen LogP) is 5.59. The van der Waals surface area contributed by atoms with Crippen molar-refractivity contribution in [2.75, 3.05) is 0 Å². The summed E-state index contributed by atoms with van der Waals surface area (Å²) in [5.74, 6) is 1.53. The predicted molar refractivity (Wildman–Crippen MR) is 106 cm³/mol. The van der Waals surface area contributed by atoms with Crippen LogP contribution >= 0.6 is 23.4 Å². The highest BCUT2D eigenvalue weighted by molar-refractivity contribution is 7.98. The van der Waals surface area contributed by atoms with Crippen molar-refractivity contribution in [2.24, 2.45) is 0 Å². The van der Waals surface area contributed by atoms with Crippen molar-refractivity contribution in [3.05, 3.63) is 77.0 Å². The lowest BCUT2D eigenvalue weighted by atomic mass is 10.2. The third-order valence-electron chi connectivity index (χ3n) is 3.83. The molecule has 0 saturated carbocycles. The van der Waals surface area contributed by atoms with Gasteiger partial charge in [-0.3, -0.25) is 0 Å². The van der Waals surface area contributed by atoms with Crippen LogP contribution in [0.5, 0.6) is 0 Å². The molecule has 140 valence electrons. The lowest BCUT2D eigenvalue weighted by Crippen LogP contribution is -1.94. The highest BCUT2D eigenvalue weighted by atomic mass is 35.5. The summed E-state index contributed by atoms with van der Waals surface area (Å²) in [6.45, 7) is 1.92. The average molecular weight is 413 g/mol. The van der Waals surface area contributed by atoms with Crippen LogP contribution in [-0.2, 0) is 5.75 Å².